The van der Waals surface area contributed by atoms with Gasteiger partial charge in [0.2, 0.25) is 11.8 Å². The average molecular weight is 593 g/mol. The first kappa shape index (κ1) is 27.7. The highest BCUT2D eigenvalue weighted by atomic mass is 79.9. The van der Waals surface area contributed by atoms with Crippen LogP contribution < -0.4 is 9.62 Å². The fourth-order valence-corrected chi connectivity index (χ4v) is 5.79. The Morgan fingerprint density at radius 3 is 2.28 bits per heavy atom. The van der Waals surface area contributed by atoms with Gasteiger partial charge in [0.05, 0.1) is 10.6 Å². The molecule has 3 aromatic rings. The first-order chi connectivity index (χ1) is 17.2. The summed E-state index contributed by atoms with van der Waals surface area (Å²) in [6, 6.07) is 20.8. The molecule has 190 valence electrons. The zero-order valence-corrected chi connectivity index (χ0v) is 23.1. The van der Waals surface area contributed by atoms with Gasteiger partial charge in [-0.25, -0.2) is 8.42 Å². The first-order valence-corrected chi connectivity index (χ1v) is 13.9. The van der Waals surface area contributed by atoms with Crippen molar-refractivity contribution in [2.24, 2.45) is 0 Å². The fraction of sp³-hybridized carbons (Fsp3) is 0.231. The van der Waals surface area contributed by atoms with Gasteiger partial charge in [-0.05, 0) is 48.4 Å². The summed E-state index contributed by atoms with van der Waals surface area (Å²) in [5.74, 6) is -0.886. The molecule has 0 unspecified atom stereocenters. The van der Waals surface area contributed by atoms with Gasteiger partial charge in [-0.15, -0.1) is 0 Å². The molecule has 36 heavy (non-hydrogen) atoms. The Labute approximate surface area is 225 Å². The van der Waals surface area contributed by atoms with Crippen molar-refractivity contribution in [1.82, 2.24) is 10.2 Å². The van der Waals surface area contributed by atoms with Crippen LogP contribution in [0.2, 0.25) is 5.02 Å². The third kappa shape index (κ3) is 6.46. The molecule has 0 bridgehead atoms. The van der Waals surface area contributed by atoms with Crippen LogP contribution >= 0.6 is 27.5 Å². The van der Waals surface area contributed by atoms with Crippen LogP contribution in [-0.4, -0.2) is 44.8 Å². The van der Waals surface area contributed by atoms with Crippen LogP contribution in [0, 0.1) is 0 Å². The normalized spacial score (nSPS) is 12.0. The van der Waals surface area contributed by atoms with E-state index >= 15 is 0 Å². The minimum atomic E-state index is -4.10. The van der Waals surface area contributed by atoms with Crippen molar-refractivity contribution >= 4 is 55.1 Å². The number of anilines is 1. The number of nitrogens with one attached hydrogen (secondary N) is 1. The van der Waals surface area contributed by atoms with Crippen molar-refractivity contribution in [3.8, 4) is 0 Å². The van der Waals surface area contributed by atoms with E-state index in [4.69, 9.17) is 11.6 Å². The zero-order valence-electron chi connectivity index (χ0n) is 19.9. The molecule has 0 heterocycles. The van der Waals surface area contributed by atoms with E-state index < -0.39 is 28.5 Å². The van der Waals surface area contributed by atoms with Gasteiger partial charge in [0.1, 0.15) is 12.6 Å². The molecular formula is C26H27BrClN3O4S. The maximum Gasteiger partial charge on any atom is 0.264 e. The highest BCUT2D eigenvalue weighted by Crippen LogP contribution is 2.27. The molecule has 0 aliphatic rings. The van der Waals surface area contributed by atoms with Crippen LogP contribution in [0.1, 0.15) is 18.9 Å². The molecule has 1 atom stereocenters. The second kappa shape index (κ2) is 12.4. The van der Waals surface area contributed by atoms with E-state index in [0.29, 0.717) is 27.2 Å². The van der Waals surface area contributed by atoms with Gasteiger partial charge >= 0.3 is 0 Å². The van der Waals surface area contributed by atoms with Gasteiger partial charge in [-0.3, -0.25) is 13.9 Å². The van der Waals surface area contributed by atoms with Crippen molar-refractivity contribution in [3.63, 3.8) is 0 Å². The zero-order chi connectivity index (χ0) is 26.3. The van der Waals surface area contributed by atoms with Gasteiger partial charge in [0.15, 0.2) is 0 Å². The minimum Gasteiger partial charge on any atom is -0.357 e. The first-order valence-electron chi connectivity index (χ1n) is 11.3. The van der Waals surface area contributed by atoms with Crippen LogP contribution in [0.4, 0.5) is 5.69 Å². The minimum absolute atomic E-state index is 0.0438. The number of benzene rings is 3. The lowest BCUT2D eigenvalue weighted by atomic mass is 10.1. The second-order valence-electron chi connectivity index (χ2n) is 7.96. The number of rotatable bonds is 10. The third-order valence-electron chi connectivity index (χ3n) is 5.64. The Bertz CT molecular complexity index is 1320. The molecular weight excluding hydrogens is 566 g/mol. The van der Waals surface area contributed by atoms with E-state index in [2.05, 4.69) is 21.2 Å². The van der Waals surface area contributed by atoms with E-state index in [-0.39, 0.29) is 17.3 Å². The Hall–Kier alpha value is -2.88. The highest BCUT2D eigenvalue weighted by molar-refractivity contribution is 9.10. The SMILES string of the molecule is CC[C@@H](C(=O)NC)N(Cc1ccccc1Cl)C(=O)CN(c1cccc(Br)c1)S(=O)(=O)c1ccccc1. The number of carbonyl (C=O) groups excluding carboxylic acids is 2. The molecule has 0 saturated heterocycles. The summed E-state index contributed by atoms with van der Waals surface area (Å²) in [4.78, 5) is 27.9. The molecule has 3 rings (SSSR count). The van der Waals surface area contributed by atoms with Gasteiger partial charge in [-0.2, -0.15) is 0 Å². The molecule has 2 amide bonds. The number of hydrogen-bond donors (Lipinski definition) is 1. The Balaban J connectivity index is 2.06. The molecule has 7 nitrogen and oxygen atoms in total. The maximum atomic E-state index is 13.8. The topological polar surface area (TPSA) is 86.8 Å². The average Bonchev–Trinajstić information content (AvgIpc) is 2.88. The van der Waals surface area contributed by atoms with Crippen LogP contribution in [-0.2, 0) is 26.2 Å². The number of sulfonamides is 1. The van der Waals surface area contributed by atoms with Crippen molar-refractivity contribution in [2.45, 2.75) is 30.8 Å². The van der Waals surface area contributed by atoms with E-state index in [1.54, 1.807) is 73.7 Å². The van der Waals surface area contributed by atoms with Crippen molar-refractivity contribution in [2.75, 3.05) is 17.9 Å². The summed E-state index contributed by atoms with van der Waals surface area (Å²) >= 11 is 9.74. The summed E-state index contributed by atoms with van der Waals surface area (Å²) in [5.41, 5.74) is 0.960. The summed E-state index contributed by atoms with van der Waals surface area (Å²) in [7, 11) is -2.60. The molecule has 10 heteroatoms. The largest absolute Gasteiger partial charge is 0.357 e. The molecule has 0 aliphatic carbocycles. The van der Waals surface area contributed by atoms with Gasteiger partial charge < -0.3 is 10.2 Å². The molecule has 0 saturated carbocycles. The Morgan fingerprint density at radius 1 is 1.00 bits per heavy atom. The van der Waals surface area contributed by atoms with E-state index in [9.17, 15) is 18.0 Å². The molecule has 3 aromatic carbocycles. The van der Waals surface area contributed by atoms with Gasteiger partial charge in [0, 0.05) is 23.1 Å². The molecule has 1 N–H and O–H groups in total. The summed E-state index contributed by atoms with van der Waals surface area (Å²) < 4.78 is 29.1. The third-order valence-corrected chi connectivity index (χ3v) is 8.29. The van der Waals surface area contributed by atoms with Gasteiger partial charge in [0.25, 0.3) is 10.0 Å². The number of halogens is 2. The van der Waals surface area contributed by atoms with E-state index in [1.165, 1.54) is 24.1 Å². The van der Waals surface area contributed by atoms with Crippen molar-refractivity contribution < 1.29 is 18.0 Å². The van der Waals surface area contributed by atoms with Crippen LogP contribution in [0.25, 0.3) is 0 Å². The predicted molar refractivity (Wildman–Crippen MR) is 145 cm³/mol. The van der Waals surface area contributed by atoms with Crippen LogP contribution in [0.3, 0.4) is 0 Å². The molecule has 0 spiro atoms. The number of likely N-dealkylation sites (N-methyl/N-ethyl adjacent to an activating group) is 1. The lowest BCUT2D eigenvalue weighted by Gasteiger charge is -2.33. The lowest BCUT2D eigenvalue weighted by molar-refractivity contribution is -0.140. The number of carbonyl (C=O) groups is 2. The molecule has 0 radical (unpaired) electrons. The van der Waals surface area contributed by atoms with E-state index in [1.807, 2.05) is 0 Å². The summed E-state index contributed by atoms with van der Waals surface area (Å²) in [6.07, 6.45) is 0.332. The quantitative estimate of drug-likeness (QED) is 0.365. The van der Waals surface area contributed by atoms with Crippen molar-refractivity contribution in [1.29, 1.82) is 0 Å². The molecule has 0 fully saturated rings. The molecule has 0 aliphatic heterocycles. The second-order valence-corrected chi connectivity index (χ2v) is 11.1. The number of hydrogen-bond acceptors (Lipinski definition) is 4. The fourth-order valence-electron chi connectivity index (χ4n) is 3.78. The Kier molecular flexibility index (Phi) is 9.53. The predicted octanol–water partition coefficient (Wildman–Crippen LogP) is 4.85. The molecule has 0 aromatic heterocycles. The smallest absolute Gasteiger partial charge is 0.264 e. The van der Waals surface area contributed by atoms with E-state index in [0.717, 1.165) is 4.31 Å². The lowest BCUT2D eigenvalue weighted by Crippen LogP contribution is -2.51. The van der Waals surface area contributed by atoms with Gasteiger partial charge in [-0.1, -0.05) is 76.9 Å². The van der Waals surface area contributed by atoms with Crippen LogP contribution in [0.15, 0.2) is 88.2 Å². The monoisotopic (exact) mass is 591 g/mol. The van der Waals surface area contributed by atoms with Crippen molar-refractivity contribution in [3.05, 3.63) is 93.9 Å². The maximum absolute atomic E-state index is 13.8. The summed E-state index contributed by atoms with van der Waals surface area (Å²) in [5, 5.41) is 3.04. The number of nitrogens with zero attached hydrogens (tertiary/aromatic N) is 2. The Morgan fingerprint density at radius 2 is 1.67 bits per heavy atom. The number of amides is 2. The highest BCUT2D eigenvalue weighted by Gasteiger charge is 2.33. The van der Waals surface area contributed by atoms with Crippen LogP contribution in [0.5, 0.6) is 0 Å². The summed E-state index contributed by atoms with van der Waals surface area (Å²) in [6.45, 7) is 1.33. The standard InChI is InChI=1S/C26H27BrClN3O4S/c1-3-24(26(33)29-2)30(17-19-10-7-8-15-23(19)28)25(32)18-31(21-12-9-11-20(27)16-21)36(34,35)22-13-5-4-6-14-22/h4-16,24H,3,17-18H2,1-2H3,(H,29,33)/t24-/m0/s1.